The molecule has 1 aliphatic heterocycles. The van der Waals surface area contributed by atoms with E-state index in [0.29, 0.717) is 6.54 Å². The molecule has 0 aliphatic carbocycles. The van der Waals surface area contributed by atoms with Gasteiger partial charge in [-0.2, -0.15) is 0 Å². The standard InChI is InChI=1S/C12H19NO3/c1-8(2)7-10(14)13-6-4-5-9(3)11(13)12(15)16/h7,9,11H,4-6H2,1-3H3,(H,15,16). The first kappa shape index (κ1) is 12.7. The van der Waals surface area contributed by atoms with Crippen LogP contribution in [0, 0.1) is 5.92 Å². The predicted octanol–water partition coefficient (Wildman–Crippen LogP) is 1.66. The van der Waals surface area contributed by atoms with E-state index in [1.807, 2.05) is 20.8 Å². The molecule has 1 N–H and O–H groups in total. The molecule has 1 heterocycles. The van der Waals surface area contributed by atoms with Crippen LogP contribution in [0.2, 0.25) is 0 Å². The molecule has 0 aromatic carbocycles. The van der Waals surface area contributed by atoms with Gasteiger partial charge in [-0.3, -0.25) is 4.79 Å². The van der Waals surface area contributed by atoms with Gasteiger partial charge < -0.3 is 10.0 Å². The molecule has 16 heavy (non-hydrogen) atoms. The molecule has 0 aromatic heterocycles. The van der Waals surface area contributed by atoms with Gasteiger partial charge in [0, 0.05) is 12.6 Å². The summed E-state index contributed by atoms with van der Waals surface area (Å²) in [6.07, 6.45) is 3.26. The molecule has 2 atom stereocenters. The van der Waals surface area contributed by atoms with E-state index < -0.39 is 12.0 Å². The molecule has 2 unspecified atom stereocenters. The molecule has 1 fully saturated rings. The lowest BCUT2D eigenvalue weighted by Gasteiger charge is -2.36. The second-order valence-electron chi connectivity index (χ2n) is 4.66. The molecule has 4 nitrogen and oxygen atoms in total. The van der Waals surface area contributed by atoms with Gasteiger partial charge in [-0.05, 0) is 32.6 Å². The van der Waals surface area contributed by atoms with Crippen molar-refractivity contribution in [3.05, 3.63) is 11.6 Å². The number of carboxylic acids is 1. The zero-order valence-electron chi connectivity index (χ0n) is 10.1. The summed E-state index contributed by atoms with van der Waals surface area (Å²) in [4.78, 5) is 24.5. The molecule has 90 valence electrons. The van der Waals surface area contributed by atoms with E-state index in [2.05, 4.69) is 0 Å². The molecule has 0 aromatic rings. The Kier molecular flexibility index (Phi) is 4.10. The second-order valence-corrected chi connectivity index (χ2v) is 4.66. The minimum atomic E-state index is -0.900. The van der Waals surface area contributed by atoms with Crippen molar-refractivity contribution < 1.29 is 14.7 Å². The van der Waals surface area contributed by atoms with E-state index in [1.165, 1.54) is 11.0 Å². The van der Waals surface area contributed by atoms with E-state index in [0.717, 1.165) is 18.4 Å². The Morgan fingerprint density at radius 3 is 2.50 bits per heavy atom. The van der Waals surface area contributed by atoms with Crippen molar-refractivity contribution in [2.75, 3.05) is 6.54 Å². The number of piperidine rings is 1. The third kappa shape index (κ3) is 2.84. The summed E-state index contributed by atoms with van der Waals surface area (Å²) in [7, 11) is 0. The van der Waals surface area contributed by atoms with E-state index in [-0.39, 0.29) is 11.8 Å². The summed E-state index contributed by atoms with van der Waals surface area (Å²) in [5.74, 6) is -1.05. The molecule has 1 amide bonds. The summed E-state index contributed by atoms with van der Waals surface area (Å²) in [5.41, 5.74) is 0.896. The quantitative estimate of drug-likeness (QED) is 0.727. The Morgan fingerprint density at radius 2 is 2.00 bits per heavy atom. The topological polar surface area (TPSA) is 57.6 Å². The zero-order valence-corrected chi connectivity index (χ0v) is 10.1. The smallest absolute Gasteiger partial charge is 0.326 e. The number of amides is 1. The van der Waals surface area contributed by atoms with Gasteiger partial charge in [-0.25, -0.2) is 4.79 Å². The molecule has 0 spiro atoms. The normalized spacial score (nSPS) is 25.1. The van der Waals surface area contributed by atoms with Crippen LogP contribution in [0.5, 0.6) is 0 Å². The van der Waals surface area contributed by atoms with Crippen LogP contribution in [0.15, 0.2) is 11.6 Å². The number of hydrogen-bond donors (Lipinski definition) is 1. The van der Waals surface area contributed by atoms with Gasteiger partial charge in [0.2, 0.25) is 5.91 Å². The van der Waals surface area contributed by atoms with E-state index in [9.17, 15) is 9.59 Å². The van der Waals surface area contributed by atoms with Crippen LogP contribution in [0.4, 0.5) is 0 Å². The van der Waals surface area contributed by atoms with Crippen molar-refractivity contribution >= 4 is 11.9 Å². The molecule has 0 saturated carbocycles. The highest BCUT2D eigenvalue weighted by atomic mass is 16.4. The number of aliphatic carboxylic acids is 1. The van der Waals surface area contributed by atoms with Gasteiger partial charge in [0.25, 0.3) is 0 Å². The maximum absolute atomic E-state index is 11.9. The number of carbonyl (C=O) groups is 2. The third-order valence-electron chi connectivity index (χ3n) is 2.88. The first-order valence-electron chi connectivity index (χ1n) is 5.61. The molecule has 1 rings (SSSR count). The van der Waals surface area contributed by atoms with E-state index >= 15 is 0 Å². The van der Waals surface area contributed by atoms with Gasteiger partial charge >= 0.3 is 5.97 Å². The lowest BCUT2D eigenvalue weighted by Crippen LogP contribution is -2.51. The van der Waals surface area contributed by atoms with Crippen molar-refractivity contribution in [2.24, 2.45) is 5.92 Å². The summed E-state index contributed by atoms with van der Waals surface area (Å²) < 4.78 is 0. The maximum atomic E-state index is 11.9. The van der Waals surface area contributed by atoms with Crippen molar-refractivity contribution in [1.29, 1.82) is 0 Å². The number of rotatable bonds is 2. The fourth-order valence-corrected chi connectivity index (χ4v) is 2.14. The minimum Gasteiger partial charge on any atom is -0.480 e. The fourth-order valence-electron chi connectivity index (χ4n) is 2.14. The van der Waals surface area contributed by atoms with Crippen molar-refractivity contribution in [3.63, 3.8) is 0 Å². The highest BCUT2D eigenvalue weighted by Gasteiger charge is 2.36. The Morgan fingerprint density at radius 1 is 1.38 bits per heavy atom. The van der Waals surface area contributed by atoms with Gasteiger partial charge in [0.15, 0.2) is 0 Å². The Balaban J connectivity index is 2.87. The first-order valence-corrected chi connectivity index (χ1v) is 5.61. The van der Waals surface area contributed by atoms with E-state index in [1.54, 1.807) is 0 Å². The molecule has 0 radical (unpaired) electrons. The second kappa shape index (κ2) is 5.14. The minimum absolute atomic E-state index is 0.0285. The summed E-state index contributed by atoms with van der Waals surface area (Å²) in [6, 6.07) is -0.670. The summed E-state index contributed by atoms with van der Waals surface area (Å²) in [5, 5.41) is 9.15. The molecule has 4 heteroatoms. The van der Waals surface area contributed by atoms with Crippen LogP contribution in [-0.2, 0) is 9.59 Å². The molecular formula is C12H19NO3. The average Bonchev–Trinajstić information content (AvgIpc) is 2.15. The maximum Gasteiger partial charge on any atom is 0.326 e. The Bertz CT molecular complexity index is 318. The molecule has 1 aliphatic rings. The largest absolute Gasteiger partial charge is 0.480 e. The Hall–Kier alpha value is -1.32. The zero-order chi connectivity index (χ0) is 12.3. The van der Waals surface area contributed by atoms with Gasteiger partial charge in [0.1, 0.15) is 6.04 Å². The predicted molar refractivity (Wildman–Crippen MR) is 61.0 cm³/mol. The number of carboxylic acid groups (broad SMARTS) is 1. The van der Waals surface area contributed by atoms with Crippen LogP contribution in [0.1, 0.15) is 33.6 Å². The van der Waals surface area contributed by atoms with Gasteiger partial charge in [0.05, 0.1) is 0 Å². The molecule has 1 saturated heterocycles. The lowest BCUT2D eigenvalue weighted by atomic mass is 9.90. The van der Waals surface area contributed by atoms with Crippen LogP contribution < -0.4 is 0 Å². The average molecular weight is 225 g/mol. The number of allylic oxidation sites excluding steroid dienone is 1. The summed E-state index contributed by atoms with van der Waals surface area (Å²) in [6.45, 7) is 6.10. The van der Waals surface area contributed by atoms with Crippen LogP contribution in [0.3, 0.4) is 0 Å². The van der Waals surface area contributed by atoms with Gasteiger partial charge in [-0.1, -0.05) is 12.5 Å². The fraction of sp³-hybridized carbons (Fsp3) is 0.667. The highest BCUT2D eigenvalue weighted by molar-refractivity contribution is 5.91. The SMILES string of the molecule is CC(C)=CC(=O)N1CCCC(C)C1C(=O)O. The third-order valence-corrected chi connectivity index (χ3v) is 2.88. The van der Waals surface area contributed by atoms with Crippen LogP contribution in [0.25, 0.3) is 0 Å². The van der Waals surface area contributed by atoms with Crippen molar-refractivity contribution in [1.82, 2.24) is 4.90 Å². The monoisotopic (exact) mass is 225 g/mol. The van der Waals surface area contributed by atoms with Crippen molar-refractivity contribution in [2.45, 2.75) is 39.7 Å². The number of carbonyl (C=O) groups excluding carboxylic acids is 1. The van der Waals surface area contributed by atoms with Crippen LogP contribution in [-0.4, -0.2) is 34.5 Å². The number of nitrogens with zero attached hydrogens (tertiary/aromatic N) is 1. The number of likely N-dealkylation sites (tertiary alicyclic amines) is 1. The Labute approximate surface area is 95.9 Å². The number of hydrogen-bond acceptors (Lipinski definition) is 2. The lowest BCUT2D eigenvalue weighted by molar-refractivity contribution is -0.152. The van der Waals surface area contributed by atoms with E-state index in [4.69, 9.17) is 5.11 Å². The van der Waals surface area contributed by atoms with Crippen molar-refractivity contribution in [3.8, 4) is 0 Å². The van der Waals surface area contributed by atoms with Crippen LogP contribution >= 0.6 is 0 Å². The van der Waals surface area contributed by atoms with Gasteiger partial charge in [-0.15, -0.1) is 0 Å². The molecule has 0 bridgehead atoms. The highest BCUT2D eigenvalue weighted by Crippen LogP contribution is 2.23. The first-order chi connectivity index (χ1) is 7.43. The molecular weight excluding hydrogens is 206 g/mol. The summed E-state index contributed by atoms with van der Waals surface area (Å²) >= 11 is 0.